The number of carboxylic acid groups (broad SMARTS) is 1. The molecule has 1 heterocycles. The van der Waals surface area contributed by atoms with E-state index in [1.54, 1.807) is 20.8 Å². The number of amides is 3. The lowest BCUT2D eigenvalue weighted by atomic mass is 9.77. The molecule has 37 heavy (non-hydrogen) atoms. The Kier molecular flexibility index (Phi) is 10.6. The van der Waals surface area contributed by atoms with E-state index in [0.29, 0.717) is 5.92 Å². The molecule has 0 spiro atoms. The van der Waals surface area contributed by atoms with Gasteiger partial charge in [0.15, 0.2) is 0 Å². The van der Waals surface area contributed by atoms with Crippen molar-refractivity contribution in [3.8, 4) is 0 Å². The number of hydrogen-bond acceptors (Lipinski definition) is 9. The third kappa shape index (κ3) is 9.55. The van der Waals surface area contributed by atoms with E-state index in [2.05, 4.69) is 22.5 Å². The normalized spacial score (nSPS) is 28.8. The first-order valence-corrected chi connectivity index (χ1v) is 16.1. The van der Waals surface area contributed by atoms with Crippen LogP contribution in [-0.2, 0) is 40.0 Å². The summed E-state index contributed by atoms with van der Waals surface area (Å²) in [5, 5.41) is 16.1. The fraction of sp³-hybridized carbons (Fsp3) is 0.739. The summed E-state index contributed by atoms with van der Waals surface area (Å²) < 4.78 is 17.5. The van der Waals surface area contributed by atoms with Crippen LogP contribution >= 0.6 is 17.1 Å². The van der Waals surface area contributed by atoms with E-state index in [1.807, 2.05) is 13.8 Å². The molecule has 11 nitrogen and oxygen atoms in total. The molecule has 210 valence electrons. The van der Waals surface area contributed by atoms with Gasteiger partial charge in [0.25, 0.3) is 0 Å². The second-order valence-electron chi connectivity index (χ2n) is 10.6. The van der Waals surface area contributed by atoms with Gasteiger partial charge in [0, 0.05) is 5.25 Å². The summed E-state index contributed by atoms with van der Waals surface area (Å²) in [4.78, 5) is 48.2. The highest BCUT2D eigenvalue weighted by Crippen LogP contribution is 2.74. The van der Waals surface area contributed by atoms with Crippen LogP contribution in [0.3, 0.4) is 0 Å². The maximum absolute atomic E-state index is 12.9. The zero-order valence-electron chi connectivity index (χ0n) is 22.1. The molecule has 0 aromatic carbocycles. The number of ether oxygens (including phenoxy) is 1. The Labute approximate surface area is 227 Å². The first kappa shape index (κ1) is 31.6. The van der Waals surface area contributed by atoms with Crippen LogP contribution in [0.15, 0.2) is 12.2 Å². The Morgan fingerprint density at radius 1 is 1.30 bits per heavy atom. The third-order valence-corrected chi connectivity index (χ3v) is 11.7. The van der Waals surface area contributed by atoms with Crippen LogP contribution in [0, 0.1) is 5.92 Å². The molecule has 0 aromatic rings. The van der Waals surface area contributed by atoms with E-state index in [-0.39, 0.29) is 11.9 Å². The standard InChI is InChI=1S/C23H38N3O8PS2/c1-13(2)15-8-9-23(7)17(10-15)37-35(36,34-23)32-12-16(26-21(31)33-22(4,5)6)19(28)24-11-18(27)25-14(3)20(29)30/h14-17H,1,8-12H2,2-7H3,(H,24,28)(H,25,27)(H,26,31)(H,29,30)/t14-,15?,16-,17-,23-,35-/m0/s1. The molecule has 3 amide bonds. The highest BCUT2D eigenvalue weighted by Gasteiger charge is 2.53. The van der Waals surface area contributed by atoms with Crippen molar-refractivity contribution in [3.05, 3.63) is 12.2 Å². The Balaban J connectivity index is 2.06. The van der Waals surface area contributed by atoms with Gasteiger partial charge in [-0.15, -0.1) is 0 Å². The predicted octanol–water partition coefficient (Wildman–Crippen LogP) is 3.09. The Bertz CT molecular complexity index is 972. The summed E-state index contributed by atoms with van der Waals surface area (Å²) >= 11 is 7.23. The highest BCUT2D eigenvalue weighted by molar-refractivity contribution is 8.68. The van der Waals surface area contributed by atoms with Crippen molar-refractivity contribution in [1.82, 2.24) is 16.0 Å². The average molecular weight is 580 g/mol. The number of carbonyl (C=O) groups is 4. The van der Waals surface area contributed by atoms with Gasteiger partial charge in [-0.05, 0) is 78.5 Å². The largest absolute Gasteiger partial charge is 0.480 e. The summed E-state index contributed by atoms with van der Waals surface area (Å²) in [6.07, 6.45) is 1.80. The summed E-state index contributed by atoms with van der Waals surface area (Å²) in [6.45, 7) is 13.7. The van der Waals surface area contributed by atoms with Crippen LogP contribution in [0.5, 0.6) is 0 Å². The lowest BCUT2D eigenvalue weighted by molar-refractivity contribution is -0.141. The van der Waals surface area contributed by atoms with Gasteiger partial charge in [0.05, 0.1) is 18.8 Å². The number of fused-ring (bicyclic) bond motifs is 1. The lowest BCUT2D eigenvalue weighted by Crippen LogP contribution is -2.52. The Morgan fingerprint density at radius 2 is 1.95 bits per heavy atom. The van der Waals surface area contributed by atoms with Crippen LogP contribution < -0.4 is 16.0 Å². The van der Waals surface area contributed by atoms with E-state index in [4.69, 9.17) is 30.7 Å². The van der Waals surface area contributed by atoms with E-state index < -0.39 is 59.4 Å². The van der Waals surface area contributed by atoms with Gasteiger partial charge >= 0.3 is 12.1 Å². The number of allylic oxidation sites excluding steroid dienone is 1. The Morgan fingerprint density at radius 3 is 2.51 bits per heavy atom. The molecular weight excluding hydrogens is 541 g/mol. The van der Waals surface area contributed by atoms with Crippen molar-refractivity contribution in [2.75, 3.05) is 13.2 Å². The molecule has 1 saturated carbocycles. The molecule has 2 rings (SSSR count). The molecule has 14 heteroatoms. The van der Waals surface area contributed by atoms with Crippen molar-refractivity contribution in [2.24, 2.45) is 5.92 Å². The minimum atomic E-state index is -2.84. The smallest absolute Gasteiger partial charge is 0.408 e. The number of aliphatic carboxylic acids is 1. The van der Waals surface area contributed by atoms with E-state index in [0.717, 1.165) is 24.8 Å². The summed E-state index contributed by atoms with van der Waals surface area (Å²) in [5.41, 5.74) is -2.96. The van der Waals surface area contributed by atoms with Crippen molar-refractivity contribution in [2.45, 2.75) is 89.3 Å². The van der Waals surface area contributed by atoms with E-state index >= 15 is 0 Å². The molecule has 1 saturated heterocycles. The van der Waals surface area contributed by atoms with Crippen LogP contribution in [-0.4, -0.2) is 70.7 Å². The zero-order chi connectivity index (χ0) is 28.2. The van der Waals surface area contributed by atoms with Gasteiger partial charge in [-0.2, -0.15) is 0 Å². The summed E-state index contributed by atoms with van der Waals surface area (Å²) in [7, 11) is 0. The van der Waals surface area contributed by atoms with Crippen LogP contribution in [0.2, 0.25) is 0 Å². The van der Waals surface area contributed by atoms with Crippen molar-refractivity contribution >= 4 is 52.8 Å². The summed E-state index contributed by atoms with van der Waals surface area (Å²) in [6, 6.07) is -2.36. The fourth-order valence-corrected chi connectivity index (χ4v) is 10.7. The number of rotatable bonds is 10. The SMILES string of the molecule is C=C(C)C1CC[C@]2(C)O[P@](=S)(OC[C@H](NC(=O)OC(C)(C)C)C(=O)NCC(=O)N[C@@H](C)C(=O)O)S[C@H]2C1. The van der Waals surface area contributed by atoms with Crippen molar-refractivity contribution in [1.29, 1.82) is 0 Å². The van der Waals surface area contributed by atoms with E-state index in [9.17, 15) is 19.2 Å². The maximum Gasteiger partial charge on any atom is 0.408 e. The van der Waals surface area contributed by atoms with Crippen LogP contribution in [0.1, 0.15) is 60.8 Å². The minimum Gasteiger partial charge on any atom is -0.480 e. The number of carbonyl (C=O) groups excluding carboxylic acids is 3. The second-order valence-corrected chi connectivity index (χ2v) is 16.9. The molecule has 4 N–H and O–H groups in total. The zero-order valence-corrected chi connectivity index (χ0v) is 24.6. The molecule has 0 bridgehead atoms. The van der Waals surface area contributed by atoms with Gasteiger partial charge in [0.2, 0.25) is 17.5 Å². The number of nitrogens with one attached hydrogen (secondary N) is 3. The molecule has 2 fully saturated rings. The molecule has 0 aromatic heterocycles. The van der Waals surface area contributed by atoms with Crippen LogP contribution in [0.25, 0.3) is 0 Å². The fourth-order valence-electron chi connectivity index (χ4n) is 3.89. The number of carboxylic acids is 1. The quantitative estimate of drug-likeness (QED) is 0.224. The topological polar surface area (TPSA) is 152 Å². The first-order valence-electron chi connectivity index (χ1n) is 12.0. The molecule has 1 unspecified atom stereocenters. The lowest BCUT2D eigenvalue weighted by Gasteiger charge is -2.37. The maximum atomic E-state index is 12.9. The van der Waals surface area contributed by atoms with Gasteiger partial charge in [-0.3, -0.25) is 14.4 Å². The van der Waals surface area contributed by atoms with Crippen molar-refractivity contribution < 1.29 is 38.1 Å². The van der Waals surface area contributed by atoms with Gasteiger partial charge in [0.1, 0.15) is 17.7 Å². The predicted molar refractivity (Wildman–Crippen MR) is 145 cm³/mol. The molecule has 2 aliphatic rings. The monoisotopic (exact) mass is 579 g/mol. The molecule has 0 radical (unpaired) electrons. The van der Waals surface area contributed by atoms with Crippen molar-refractivity contribution in [3.63, 3.8) is 0 Å². The first-order chi connectivity index (χ1) is 16.9. The number of alkyl carbamates (subject to hydrolysis) is 1. The van der Waals surface area contributed by atoms with Crippen LogP contribution in [0.4, 0.5) is 4.79 Å². The van der Waals surface area contributed by atoms with Gasteiger partial charge in [-0.1, -0.05) is 23.5 Å². The second kappa shape index (κ2) is 12.5. The third-order valence-electron chi connectivity index (χ3n) is 6.02. The molecular formula is C23H38N3O8PS2. The molecule has 1 aliphatic carbocycles. The van der Waals surface area contributed by atoms with E-state index in [1.165, 1.54) is 18.3 Å². The average Bonchev–Trinajstić information content (AvgIpc) is 3.02. The molecule has 1 aliphatic heterocycles. The highest BCUT2D eigenvalue weighted by atomic mass is 32.9. The van der Waals surface area contributed by atoms with Gasteiger partial charge < -0.3 is 34.8 Å². The van der Waals surface area contributed by atoms with Gasteiger partial charge in [-0.25, -0.2) is 4.79 Å². The summed E-state index contributed by atoms with van der Waals surface area (Å²) in [5.74, 6) is -2.25. The molecule has 6 atom stereocenters. The minimum absolute atomic E-state index is 0.125. The Hall–Kier alpha value is -1.66. The number of hydrogen-bond donors (Lipinski definition) is 4.